The van der Waals surface area contributed by atoms with Gasteiger partial charge in [-0.25, -0.2) is 13.2 Å². The van der Waals surface area contributed by atoms with Crippen LogP contribution in [-0.2, 0) is 19.6 Å². The average Bonchev–Trinajstić information content (AvgIpc) is 3.00. The lowest BCUT2D eigenvalue weighted by molar-refractivity contribution is -0.119. The Bertz CT molecular complexity index is 1010. The molecule has 0 unspecified atom stereocenters. The normalized spacial score (nSPS) is 11.5. The number of nitrogens with one attached hydrogen (secondary N) is 1. The molecule has 0 bridgehead atoms. The summed E-state index contributed by atoms with van der Waals surface area (Å²) in [5.41, 5.74) is 1.29. The van der Waals surface area contributed by atoms with Crippen LogP contribution in [0.25, 0.3) is 0 Å². The van der Waals surface area contributed by atoms with Crippen LogP contribution in [0.4, 0.5) is 5.69 Å². The number of hydrogen-bond acceptors (Lipinski definition) is 6. The SMILES string of the molecule is CCN(CC)S(=O)(=O)c1ccc(C)c(NC(=O)COC(=O)c2cc(C)oc2C)c1. The van der Waals surface area contributed by atoms with E-state index < -0.39 is 28.5 Å². The third kappa shape index (κ3) is 5.24. The number of furan rings is 1. The van der Waals surface area contributed by atoms with Crippen molar-refractivity contribution in [3.05, 3.63) is 46.9 Å². The van der Waals surface area contributed by atoms with E-state index in [-0.39, 0.29) is 10.5 Å². The minimum atomic E-state index is -3.65. The Balaban J connectivity index is 2.10. The van der Waals surface area contributed by atoms with Crippen LogP contribution in [0.15, 0.2) is 33.6 Å². The summed E-state index contributed by atoms with van der Waals surface area (Å²) in [6, 6.07) is 6.08. The van der Waals surface area contributed by atoms with Crippen LogP contribution in [0.5, 0.6) is 0 Å². The van der Waals surface area contributed by atoms with Crippen LogP contribution < -0.4 is 5.32 Å². The molecule has 0 fully saturated rings. The van der Waals surface area contributed by atoms with E-state index in [1.165, 1.54) is 16.4 Å². The highest BCUT2D eigenvalue weighted by Crippen LogP contribution is 2.23. The summed E-state index contributed by atoms with van der Waals surface area (Å²) >= 11 is 0. The van der Waals surface area contributed by atoms with Crippen molar-refractivity contribution in [3.8, 4) is 0 Å². The molecule has 2 aromatic rings. The minimum absolute atomic E-state index is 0.0867. The molecule has 0 aliphatic rings. The Hall–Kier alpha value is -2.65. The zero-order valence-corrected chi connectivity index (χ0v) is 18.1. The molecule has 1 N–H and O–H groups in total. The molecule has 0 radical (unpaired) electrons. The number of carbonyl (C=O) groups is 2. The van der Waals surface area contributed by atoms with E-state index >= 15 is 0 Å². The highest BCUT2D eigenvalue weighted by molar-refractivity contribution is 7.89. The molecule has 0 saturated carbocycles. The summed E-state index contributed by atoms with van der Waals surface area (Å²) in [7, 11) is -3.65. The van der Waals surface area contributed by atoms with Crippen LogP contribution in [0.2, 0.25) is 0 Å². The summed E-state index contributed by atoms with van der Waals surface area (Å²) in [5, 5.41) is 2.60. The van der Waals surface area contributed by atoms with Gasteiger partial charge >= 0.3 is 5.97 Å². The van der Waals surface area contributed by atoms with Crippen molar-refractivity contribution in [2.45, 2.75) is 39.5 Å². The van der Waals surface area contributed by atoms with E-state index in [4.69, 9.17) is 9.15 Å². The lowest BCUT2D eigenvalue weighted by Gasteiger charge is -2.19. The summed E-state index contributed by atoms with van der Waals surface area (Å²) in [5.74, 6) is -0.250. The molecule has 1 heterocycles. The second-order valence-corrected chi connectivity index (χ2v) is 8.46. The maximum absolute atomic E-state index is 12.7. The Kier molecular flexibility index (Phi) is 7.21. The van der Waals surface area contributed by atoms with Gasteiger partial charge < -0.3 is 14.5 Å². The predicted molar refractivity (Wildman–Crippen MR) is 108 cm³/mol. The van der Waals surface area contributed by atoms with Gasteiger partial charge in [0.05, 0.1) is 4.90 Å². The van der Waals surface area contributed by atoms with E-state index in [0.29, 0.717) is 35.9 Å². The highest BCUT2D eigenvalue weighted by Gasteiger charge is 2.23. The van der Waals surface area contributed by atoms with Gasteiger partial charge in [0.1, 0.15) is 17.1 Å². The van der Waals surface area contributed by atoms with Crippen LogP contribution >= 0.6 is 0 Å². The first-order valence-electron chi connectivity index (χ1n) is 9.24. The van der Waals surface area contributed by atoms with Crippen molar-refractivity contribution < 1.29 is 27.2 Å². The number of rotatable bonds is 8. The number of amides is 1. The fourth-order valence-electron chi connectivity index (χ4n) is 2.84. The van der Waals surface area contributed by atoms with Crippen LogP contribution in [0, 0.1) is 20.8 Å². The Morgan fingerprint density at radius 2 is 1.76 bits per heavy atom. The lowest BCUT2D eigenvalue weighted by Crippen LogP contribution is -2.30. The van der Waals surface area contributed by atoms with Gasteiger partial charge in [-0.1, -0.05) is 19.9 Å². The number of sulfonamides is 1. The van der Waals surface area contributed by atoms with Crippen molar-refractivity contribution in [1.82, 2.24) is 4.31 Å². The molecule has 0 saturated heterocycles. The fraction of sp³-hybridized carbons (Fsp3) is 0.400. The number of benzene rings is 1. The number of carbonyl (C=O) groups excluding carboxylic acids is 2. The van der Waals surface area contributed by atoms with Crippen LogP contribution in [0.3, 0.4) is 0 Å². The average molecular weight is 423 g/mol. The number of hydrogen-bond donors (Lipinski definition) is 1. The lowest BCUT2D eigenvalue weighted by atomic mass is 10.2. The van der Waals surface area contributed by atoms with Gasteiger partial charge in [0.2, 0.25) is 10.0 Å². The zero-order chi connectivity index (χ0) is 21.8. The van der Waals surface area contributed by atoms with Crippen LogP contribution in [-0.4, -0.2) is 44.3 Å². The molecule has 8 nitrogen and oxygen atoms in total. The smallest absolute Gasteiger partial charge is 0.342 e. The quantitative estimate of drug-likeness (QED) is 0.656. The molecule has 0 aliphatic heterocycles. The third-order valence-corrected chi connectivity index (χ3v) is 6.47. The largest absolute Gasteiger partial charge is 0.466 e. The van der Waals surface area contributed by atoms with Crippen molar-refractivity contribution >= 4 is 27.6 Å². The minimum Gasteiger partial charge on any atom is -0.466 e. The highest BCUT2D eigenvalue weighted by atomic mass is 32.2. The van der Waals surface area contributed by atoms with Gasteiger partial charge in [-0.3, -0.25) is 4.79 Å². The summed E-state index contributed by atoms with van der Waals surface area (Å²) < 4.78 is 37.0. The number of esters is 1. The number of aryl methyl sites for hydroxylation is 3. The predicted octanol–water partition coefficient (Wildman–Crippen LogP) is 3.03. The molecular formula is C20H26N2O6S. The molecule has 1 aromatic heterocycles. The molecule has 1 aromatic carbocycles. The van der Waals surface area contributed by atoms with E-state index in [1.54, 1.807) is 46.8 Å². The van der Waals surface area contributed by atoms with Gasteiger partial charge in [-0.15, -0.1) is 0 Å². The number of anilines is 1. The molecule has 0 atom stereocenters. The van der Waals surface area contributed by atoms with E-state index in [2.05, 4.69) is 5.32 Å². The molecule has 9 heteroatoms. The second-order valence-electron chi connectivity index (χ2n) is 6.52. The van der Waals surface area contributed by atoms with Crippen molar-refractivity contribution in [2.75, 3.05) is 25.0 Å². The summed E-state index contributed by atoms with van der Waals surface area (Å²) in [6.45, 7) is 8.79. The molecule has 0 aliphatic carbocycles. The number of ether oxygens (including phenoxy) is 1. The molecule has 0 spiro atoms. The first kappa shape index (κ1) is 22.6. The molecular weight excluding hydrogens is 396 g/mol. The summed E-state index contributed by atoms with van der Waals surface area (Å²) in [4.78, 5) is 24.4. The van der Waals surface area contributed by atoms with Gasteiger partial charge in [0.15, 0.2) is 6.61 Å². The summed E-state index contributed by atoms with van der Waals surface area (Å²) in [6.07, 6.45) is 0. The standard InChI is InChI=1S/C20H26N2O6S/c1-6-22(7-2)29(25,26)16-9-8-13(3)18(11-16)21-19(23)12-27-20(24)17-10-14(4)28-15(17)5/h8-11H,6-7,12H2,1-5H3,(H,21,23). The van der Waals surface area contributed by atoms with E-state index in [9.17, 15) is 18.0 Å². The van der Waals surface area contributed by atoms with Crippen LogP contribution in [0.1, 0.15) is 41.3 Å². The van der Waals surface area contributed by atoms with E-state index in [1.807, 2.05) is 0 Å². The Morgan fingerprint density at radius 3 is 2.31 bits per heavy atom. The van der Waals surface area contributed by atoms with Crippen molar-refractivity contribution in [1.29, 1.82) is 0 Å². The van der Waals surface area contributed by atoms with Crippen molar-refractivity contribution in [2.24, 2.45) is 0 Å². The fourth-order valence-corrected chi connectivity index (χ4v) is 4.32. The molecule has 2 rings (SSSR count). The molecule has 29 heavy (non-hydrogen) atoms. The number of nitrogens with zero attached hydrogens (tertiary/aromatic N) is 1. The third-order valence-electron chi connectivity index (χ3n) is 4.42. The monoisotopic (exact) mass is 422 g/mol. The maximum atomic E-state index is 12.7. The van der Waals surface area contributed by atoms with Gasteiger partial charge in [-0.05, 0) is 44.5 Å². The first-order chi connectivity index (χ1) is 13.6. The Morgan fingerprint density at radius 1 is 1.10 bits per heavy atom. The molecule has 158 valence electrons. The van der Waals surface area contributed by atoms with Crippen molar-refractivity contribution in [3.63, 3.8) is 0 Å². The van der Waals surface area contributed by atoms with Gasteiger partial charge in [-0.2, -0.15) is 4.31 Å². The zero-order valence-electron chi connectivity index (χ0n) is 17.2. The van der Waals surface area contributed by atoms with E-state index in [0.717, 1.165) is 0 Å². The van der Waals surface area contributed by atoms with Gasteiger partial charge in [0.25, 0.3) is 5.91 Å². The van der Waals surface area contributed by atoms with Gasteiger partial charge in [0, 0.05) is 18.8 Å². The maximum Gasteiger partial charge on any atom is 0.342 e. The Labute approximate surface area is 170 Å². The second kappa shape index (κ2) is 9.23. The first-order valence-corrected chi connectivity index (χ1v) is 10.7. The topological polar surface area (TPSA) is 106 Å². The molecule has 1 amide bonds.